The smallest absolute Gasteiger partial charge is 0.238 e. The number of methoxy groups -OCH3 is 1. The molecule has 2 rings (SSSR count). The van der Waals surface area contributed by atoms with Gasteiger partial charge in [0.2, 0.25) is 11.8 Å². The van der Waals surface area contributed by atoms with E-state index >= 15 is 0 Å². The van der Waals surface area contributed by atoms with Crippen molar-refractivity contribution in [3.8, 4) is 5.75 Å². The number of anilines is 1. The van der Waals surface area contributed by atoms with Crippen LogP contribution in [0.4, 0.5) is 5.69 Å². The molecule has 6 heteroatoms. The fraction of sp³-hybridized carbons (Fsp3) is 0.300. The molecule has 0 aliphatic rings. The number of rotatable bonds is 8. The van der Waals surface area contributed by atoms with Gasteiger partial charge in [0.05, 0.1) is 26.2 Å². The maximum Gasteiger partial charge on any atom is 0.238 e. The van der Waals surface area contributed by atoms with Gasteiger partial charge in [-0.1, -0.05) is 30.3 Å². The molecule has 0 radical (unpaired) electrons. The summed E-state index contributed by atoms with van der Waals surface area (Å²) in [5.74, 6) is 0.423. The molecule has 0 unspecified atom stereocenters. The van der Waals surface area contributed by atoms with Gasteiger partial charge >= 0.3 is 0 Å². The summed E-state index contributed by atoms with van der Waals surface area (Å²) in [6, 6.07) is 16.8. The highest BCUT2D eigenvalue weighted by molar-refractivity contribution is 5.92. The van der Waals surface area contributed by atoms with E-state index in [0.29, 0.717) is 5.69 Å². The summed E-state index contributed by atoms with van der Waals surface area (Å²) >= 11 is 0. The molecule has 0 saturated carbocycles. The van der Waals surface area contributed by atoms with Crippen LogP contribution in [0, 0.1) is 0 Å². The summed E-state index contributed by atoms with van der Waals surface area (Å²) in [6.45, 7) is 2.20. The molecule has 2 amide bonds. The monoisotopic (exact) mass is 355 g/mol. The highest BCUT2D eigenvalue weighted by Crippen LogP contribution is 2.15. The summed E-state index contributed by atoms with van der Waals surface area (Å²) in [5, 5.41) is 5.73. The van der Waals surface area contributed by atoms with Crippen molar-refractivity contribution in [2.24, 2.45) is 0 Å². The van der Waals surface area contributed by atoms with E-state index < -0.39 is 0 Å². The number of benzene rings is 2. The van der Waals surface area contributed by atoms with E-state index in [1.807, 2.05) is 37.3 Å². The third-order valence-electron chi connectivity index (χ3n) is 3.88. The summed E-state index contributed by atoms with van der Waals surface area (Å²) in [7, 11) is 3.33. The first-order valence-corrected chi connectivity index (χ1v) is 8.44. The van der Waals surface area contributed by atoms with Gasteiger partial charge in [-0.2, -0.15) is 0 Å². The Morgan fingerprint density at radius 1 is 1.00 bits per heavy atom. The van der Waals surface area contributed by atoms with Crippen molar-refractivity contribution in [1.29, 1.82) is 0 Å². The van der Waals surface area contributed by atoms with Crippen molar-refractivity contribution in [2.75, 3.05) is 32.6 Å². The Bertz CT molecular complexity index is 717. The molecular formula is C20H25N3O3. The lowest BCUT2D eigenvalue weighted by molar-refractivity contribution is -0.123. The van der Waals surface area contributed by atoms with Crippen molar-refractivity contribution >= 4 is 17.5 Å². The third kappa shape index (κ3) is 6.22. The zero-order valence-corrected chi connectivity index (χ0v) is 15.4. The largest absolute Gasteiger partial charge is 0.497 e. The standard InChI is InChI=1S/C20H25N3O3/c1-15(16-7-5-4-6-8-16)21-19(24)13-23(2)14-20(25)22-17-9-11-18(26-3)12-10-17/h4-12,15H,13-14H2,1-3H3,(H,21,24)(H,22,25)/t15-/m0/s1. The molecule has 6 nitrogen and oxygen atoms in total. The fourth-order valence-corrected chi connectivity index (χ4v) is 2.53. The molecule has 0 heterocycles. The van der Waals surface area contributed by atoms with Crippen molar-refractivity contribution < 1.29 is 14.3 Å². The Morgan fingerprint density at radius 3 is 2.23 bits per heavy atom. The van der Waals surface area contributed by atoms with Crippen LogP contribution in [0.25, 0.3) is 0 Å². The minimum atomic E-state index is -0.179. The second-order valence-electron chi connectivity index (χ2n) is 6.15. The predicted octanol–water partition coefficient (Wildman–Crippen LogP) is 2.44. The van der Waals surface area contributed by atoms with E-state index in [0.717, 1.165) is 11.3 Å². The molecule has 0 aliphatic carbocycles. The van der Waals surface area contributed by atoms with Crippen LogP contribution in [0.2, 0.25) is 0 Å². The number of ether oxygens (including phenoxy) is 1. The molecule has 138 valence electrons. The van der Waals surface area contributed by atoms with Crippen LogP contribution >= 0.6 is 0 Å². The Hall–Kier alpha value is -2.86. The number of hydrogen-bond acceptors (Lipinski definition) is 4. The molecule has 0 bridgehead atoms. The summed E-state index contributed by atoms with van der Waals surface area (Å²) in [4.78, 5) is 25.9. The number of carbonyl (C=O) groups excluding carboxylic acids is 2. The van der Waals surface area contributed by atoms with Gasteiger partial charge in [-0.05, 0) is 43.8 Å². The lowest BCUT2D eigenvalue weighted by Gasteiger charge is -2.19. The van der Waals surface area contributed by atoms with Gasteiger partial charge in [0, 0.05) is 5.69 Å². The van der Waals surface area contributed by atoms with Gasteiger partial charge in [-0.15, -0.1) is 0 Å². The van der Waals surface area contributed by atoms with Gasteiger partial charge in [0.25, 0.3) is 0 Å². The number of nitrogens with zero attached hydrogens (tertiary/aromatic N) is 1. The van der Waals surface area contributed by atoms with E-state index in [2.05, 4.69) is 10.6 Å². The molecular weight excluding hydrogens is 330 g/mol. The molecule has 2 aromatic carbocycles. The summed E-state index contributed by atoms with van der Waals surface area (Å²) in [5.41, 5.74) is 1.73. The SMILES string of the molecule is COc1ccc(NC(=O)CN(C)CC(=O)N[C@@H](C)c2ccccc2)cc1. The average molecular weight is 355 g/mol. The van der Waals surface area contributed by atoms with Crippen LogP contribution < -0.4 is 15.4 Å². The van der Waals surface area contributed by atoms with Gasteiger partial charge in [0.15, 0.2) is 0 Å². The fourth-order valence-electron chi connectivity index (χ4n) is 2.53. The van der Waals surface area contributed by atoms with Crippen molar-refractivity contribution in [3.63, 3.8) is 0 Å². The Labute approximate surface area is 154 Å². The highest BCUT2D eigenvalue weighted by Gasteiger charge is 2.13. The normalized spacial score (nSPS) is 11.7. The molecule has 0 fully saturated rings. The quantitative estimate of drug-likeness (QED) is 0.763. The van der Waals surface area contributed by atoms with Crippen LogP contribution in [0.1, 0.15) is 18.5 Å². The van der Waals surface area contributed by atoms with Gasteiger partial charge in [-0.3, -0.25) is 14.5 Å². The zero-order chi connectivity index (χ0) is 18.9. The maximum absolute atomic E-state index is 12.1. The second kappa shape index (κ2) is 9.58. The molecule has 0 aromatic heterocycles. The van der Waals surface area contributed by atoms with E-state index in [9.17, 15) is 9.59 Å². The van der Waals surface area contributed by atoms with E-state index in [-0.39, 0.29) is 30.9 Å². The molecule has 26 heavy (non-hydrogen) atoms. The van der Waals surface area contributed by atoms with Crippen molar-refractivity contribution in [3.05, 3.63) is 60.2 Å². The van der Waals surface area contributed by atoms with Crippen molar-refractivity contribution in [1.82, 2.24) is 10.2 Å². The molecule has 1 atom stereocenters. The maximum atomic E-state index is 12.1. The zero-order valence-electron chi connectivity index (χ0n) is 15.4. The van der Waals surface area contributed by atoms with Crippen LogP contribution in [0.3, 0.4) is 0 Å². The number of amides is 2. The summed E-state index contributed by atoms with van der Waals surface area (Å²) < 4.78 is 5.08. The van der Waals surface area contributed by atoms with Crippen LogP contribution in [0.5, 0.6) is 5.75 Å². The van der Waals surface area contributed by atoms with Crippen LogP contribution in [0.15, 0.2) is 54.6 Å². The van der Waals surface area contributed by atoms with E-state index in [4.69, 9.17) is 4.74 Å². The predicted molar refractivity (Wildman–Crippen MR) is 102 cm³/mol. The minimum absolute atomic E-state index is 0.0785. The molecule has 2 N–H and O–H groups in total. The highest BCUT2D eigenvalue weighted by atomic mass is 16.5. The Kier molecular flexibility index (Phi) is 7.17. The molecule has 2 aromatic rings. The first kappa shape index (κ1) is 19.5. The average Bonchev–Trinajstić information content (AvgIpc) is 2.62. The first-order chi connectivity index (χ1) is 12.5. The van der Waals surface area contributed by atoms with Crippen LogP contribution in [-0.2, 0) is 9.59 Å². The van der Waals surface area contributed by atoms with Crippen LogP contribution in [-0.4, -0.2) is 44.0 Å². The first-order valence-electron chi connectivity index (χ1n) is 8.44. The number of likely N-dealkylation sites (N-methyl/N-ethyl adjacent to an activating group) is 1. The van der Waals surface area contributed by atoms with Crippen molar-refractivity contribution in [2.45, 2.75) is 13.0 Å². The third-order valence-corrected chi connectivity index (χ3v) is 3.88. The Balaban J connectivity index is 1.76. The Morgan fingerprint density at radius 2 is 1.62 bits per heavy atom. The molecule has 0 saturated heterocycles. The van der Waals surface area contributed by atoms with E-state index in [1.165, 1.54) is 0 Å². The number of carbonyl (C=O) groups is 2. The lowest BCUT2D eigenvalue weighted by Crippen LogP contribution is -2.39. The molecule has 0 aliphatic heterocycles. The summed E-state index contributed by atoms with van der Waals surface area (Å²) in [6.07, 6.45) is 0. The van der Waals surface area contributed by atoms with Gasteiger partial charge in [-0.25, -0.2) is 0 Å². The van der Waals surface area contributed by atoms with Gasteiger partial charge in [0.1, 0.15) is 5.75 Å². The van der Waals surface area contributed by atoms with Gasteiger partial charge < -0.3 is 15.4 Å². The number of hydrogen-bond donors (Lipinski definition) is 2. The lowest BCUT2D eigenvalue weighted by atomic mass is 10.1. The molecule has 0 spiro atoms. The minimum Gasteiger partial charge on any atom is -0.497 e. The van der Waals surface area contributed by atoms with E-state index in [1.54, 1.807) is 43.3 Å². The topological polar surface area (TPSA) is 70.7 Å². The number of nitrogens with one attached hydrogen (secondary N) is 2. The second-order valence-corrected chi connectivity index (χ2v) is 6.15.